The maximum Gasteiger partial charge on any atom is 0.0628 e. The van der Waals surface area contributed by atoms with Crippen LogP contribution in [0.5, 0.6) is 0 Å². The molecule has 0 spiro atoms. The lowest BCUT2D eigenvalue weighted by Crippen LogP contribution is -2.58. The SMILES string of the molecule is CC(C)N1CCCC2CCCNC21. The Morgan fingerprint density at radius 1 is 1.23 bits per heavy atom. The molecule has 0 amide bonds. The number of rotatable bonds is 1. The highest BCUT2D eigenvalue weighted by molar-refractivity contribution is 4.87. The molecule has 2 heteroatoms. The third kappa shape index (κ3) is 1.89. The molecule has 0 saturated carbocycles. The van der Waals surface area contributed by atoms with E-state index in [-0.39, 0.29) is 0 Å². The molecule has 13 heavy (non-hydrogen) atoms. The number of hydrogen-bond acceptors (Lipinski definition) is 2. The average Bonchev–Trinajstić information content (AvgIpc) is 2.17. The van der Waals surface area contributed by atoms with E-state index in [1.54, 1.807) is 0 Å². The summed E-state index contributed by atoms with van der Waals surface area (Å²) in [5.41, 5.74) is 0. The molecule has 0 aromatic carbocycles. The Bertz CT molecular complexity index is 165. The van der Waals surface area contributed by atoms with Gasteiger partial charge < -0.3 is 5.32 Å². The summed E-state index contributed by atoms with van der Waals surface area (Å²) >= 11 is 0. The number of nitrogens with zero attached hydrogens (tertiary/aromatic N) is 1. The minimum Gasteiger partial charge on any atom is -0.301 e. The van der Waals surface area contributed by atoms with E-state index in [9.17, 15) is 0 Å². The Hall–Kier alpha value is -0.0800. The van der Waals surface area contributed by atoms with Gasteiger partial charge in [0, 0.05) is 6.04 Å². The summed E-state index contributed by atoms with van der Waals surface area (Å²) in [4.78, 5) is 2.65. The molecule has 0 aliphatic carbocycles. The maximum atomic E-state index is 3.68. The summed E-state index contributed by atoms with van der Waals surface area (Å²) < 4.78 is 0. The molecule has 2 fully saturated rings. The molecule has 2 saturated heterocycles. The van der Waals surface area contributed by atoms with Gasteiger partial charge in [0.25, 0.3) is 0 Å². The zero-order chi connectivity index (χ0) is 9.26. The molecule has 1 N–H and O–H groups in total. The first-order chi connectivity index (χ1) is 6.29. The van der Waals surface area contributed by atoms with Gasteiger partial charge >= 0.3 is 0 Å². The van der Waals surface area contributed by atoms with E-state index < -0.39 is 0 Å². The van der Waals surface area contributed by atoms with Crippen LogP contribution >= 0.6 is 0 Å². The molecule has 0 radical (unpaired) electrons. The normalized spacial score (nSPS) is 36.2. The predicted octanol–water partition coefficient (Wildman–Crippen LogP) is 1.82. The van der Waals surface area contributed by atoms with Crippen LogP contribution in [0.1, 0.15) is 39.5 Å². The van der Waals surface area contributed by atoms with Crippen molar-refractivity contribution in [3.63, 3.8) is 0 Å². The molecule has 0 bridgehead atoms. The van der Waals surface area contributed by atoms with Crippen molar-refractivity contribution in [1.82, 2.24) is 10.2 Å². The van der Waals surface area contributed by atoms with Crippen molar-refractivity contribution in [1.29, 1.82) is 0 Å². The molecule has 0 aromatic heterocycles. The van der Waals surface area contributed by atoms with E-state index in [2.05, 4.69) is 24.1 Å². The van der Waals surface area contributed by atoms with Gasteiger partial charge in [0.2, 0.25) is 0 Å². The van der Waals surface area contributed by atoms with Gasteiger partial charge in [-0.25, -0.2) is 0 Å². The van der Waals surface area contributed by atoms with Crippen molar-refractivity contribution >= 4 is 0 Å². The Labute approximate surface area is 81.7 Å². The Kier molecular flexibility index (Phi) is 2.89. The van der Waals surface area contributed by atoms with Crippen LogP contribution in [0.4, 0.5) is 0 Å². The van der Waals surface area contributed by atoms with Crippen molar-refractivity contribution in [2.24, 2.45) is 5.92 Å². The zero-order valence-corrected chi connectivity index (χ0v) is 8.92. The Balaban J connectivity index is 2.02. The second kappa shape index (κ2) is 3.97. The topological polar surface area (TPSA) is 15.3 Å². The number of fused-ring (bicyclic) bond motifs is 1. The highest BCUT2D eigenvalue weighted by atomic mass is 15.3. The minimum absolute atomic E-state index is 0.697. The van der Waals surface area contributed by atoms with Crippen molar-refractivity contribution in [2.45, 2.75) is 51.7 Å². The molecular weight excluding hydrogens is 160 g/mol. The van der Waals surface area contributed by atoms with Gasteiger partial charge in [-0.2, -0.15) is 0 Å². The van der Waals surface area contributed by atoms with Crippen LogP contribution in [0, 0.1) is 5.92 Å². The van der Waals surface area contributed by atoms with Crippen molar-refractivity contribution < 1.29 is 0 Å². The first kappa shape index (κ1) is 9.47. The maximum absolute atomic E-state index is 3.68. The average molecular weight is 182 g/mol. The van der Waals surface area contributed by atoms with E-state index in [1.165, 1.54) is 38.8 Å². The second-order valence-corrected chi connectivity index (χ2v) is 4.78. The molecule has 0 aromatic rings. The second-order valence-electron chi connectivity index (χ2n) is 4.78. The van der Waals surface area contributed by atoms with Crippen LogP contribution in [-0.2, 0) is 0 Å². The van der Waals surface area contributed by atoms with Gasteiger partial charge in [-0.1, -0.05) is 0 Å². The molecule has 2 heterocycles. The molecule has 76 valence electrons. The quantitative estimate of drug-likeness (QED) is 0.665. The van der Waals surface area contributed by atoms with E-state index in [0.29, 0.717) is 12.2 Å². The number of piperidine rings is 2. The van der Waals surface area contributed by atoms with Gasteiger partial charge in [0.05, 0.1) is 6.17 Å². The number of likely N-dealkylation sites (tertiary alicyclic amines) is 1. The summed E-state index contributed by atoms with van der Waals surface area (Å²) in [5.74, 6) is 0.935. The lowest BCUT2D eigenvalue weighted by molar-refractivity contribution is 0.0225. The summed E-state index contributed by atoms with van der Waals surface area (Å²) in [6, 6.07) is 0.707. The lowest BCUT2D eigenvalue weighted by Gasteiger charge is -2.46. The molecule has 2 unspecified atom stereocenters. The minimum atomic E-state index is 0.697. The fourth-order valence-electron chi connectivity index (χ4n) is 2.88. The lowest BCUT2D eigenvalue weighted by atomic mass is 9.86. The molecule has 2 nitrogen and oxygen atoms in total. The fraction of sp³-hybridized carbons (Fsp3) is 1.00. The van der Waals surface area contributed by atoms with Crippen LogP contribution < -0.4 is 5.32 Å². The molecule has 2 aliphatic rings. The van der Waals surface area contributed by atoms with Crippen LogP contribution in [0.15, 0.2) is 0 Å². The number of nitrogens with one attached hydrogen (secondary N) is 1. The molecule has 2 aliphatic heterocycles. The first-order valence-electron chi connectivity index (χ1n) is 5.78. The van der Waals surface area contributed by atoms with Gasteiger partial charge in [-0.3, -0.25) is 4.90 Å². The fourth-order valence-corrected chi connectivity index (χ4v) is 2.88. The summed E-state index contributed by atoms with van der Waals surface area (Å²) in [5, 5.41) is 3.68. The van der Waals surface area contributed by atoms with Crippen LogP contribution in [0.25, 0.3) is 0 Å². The van der Waals surface area contributed by atoms with Crippen molar-refractivity contribution in [2.75, 3.05) is 13.1 Å². The third-order valence-electron chi connectivity index (χ3n) is 3.56. The predicted molar refractivity (Wildman–Crippen MR) is 55.6 cm³/mol. The number of hydrogen-bond donors (Lipinski definition) is 1. The van der Waals surface area contributed by atoms with Gasteiger partial charge in [0.15, 0.2) is 0 Å². The monoisotopic (exact) mass is 182 g/mol. The summed E-state index contributed by atoms with van der Waals surface area (Å²) in [6.45, 7) is 7.16. The molecule has 2 rings (SSSR count). The Morgan fingerprint density at radius 2 is 2.00 bits per heavy atom. The van der Waals surface area contributed by atoms with E-state index in [4.69, 9.17) is 0 Å². The standard InChI is InChI=1S/C11H22N2/c1-9(2)13-8-4-6-10-5-3-7-12-11(10)13/h9-12H,3-8H2,1-2H3. The zero-order valence-electron chi connectivity index (χ0n) is 8.92. The van der Waals surface area contributed by atoms with E-state index in [0.717, 1.165) is 5.92 Å². The highest BCUT2D eigenvalue weighted by Gasteiger charge is 2.33. The van der Waals surface area contributed by atoms with E-state index >= 15 is 0 Å². The van der Waals surface area contributed by atoms with Gasteiger partial charge in [-0.15, -0.1) is 0 Å². The smallest absolute Gasteiger partial charge is 0.0628 e. The highest BCUT2D eigenvalue weighted by Crippen LogP contribution is 2.29. The first-order valence-corrected chi connectivity index (χ1v) is 5.78. The van der Waals surface area contributed by atoms with Crippen LogP contribution in [0.2, 0.25) is 0 Å². The molecular formula is C11H22N2. The Morgan fingerprint density at radius 3 is 2.77 bits per heavy atom. The van der Waals surface area contributed by atoms with Crippen LogP contribution in [0.3, 0.4) is 0 Å². The largest absolute Gasteiger partial charge is 0.301 e. The summed E-state index contributed by atoms with van der Waals surface area (Å²) in [6.07, 6.45) is 6.37. The van der Waals surface area contributed by atoms with E-state index in [1.807, 2.05) is 0 Å². The van der Waals surface area contributed by atoms with Gasteiger partial charge in [0.1, 0.15) is 0 Å². The van der Waals surface area contributed by atoms with Crippen molar-refractivity contribution in [3.05, 3.63) is 0 Å². The van der Waals surface area contributed by atoms with Crippen LogP contribution in [-0.4, -0.2) is 30.2 Å². The van der Waals surface area contributed by atoms with Crippen molar-refractivity contribution in [3.8, 4) is 0 Å². The summed E-state index contributed by atoms with van der Waals surface area (Å²) in [7, 11) is 0. The molecule has 2 atom stereocenters. The van der Waals surface area contributed by atoms with Gasteiger partial charge in [-0.05, 0) is 58.5 Å². The third-order valence-corrected chi connectivity index (χ3v) is 3.56.